The van der Waals surface area contributed by atoms with Crippen molar-refractivity contribution in [2.45, 2.75) is 44.8 Å². The van der Waals surface area contributed by atoms with Crippen molar-refractivity contribution in [1.82, 2.24) is 5.32 Å². The van der Waals surface area contributed by atoms with Crippen molar-refractivity contribution in [2.24, 2.45) is 5.16 Å². The first-order chi connectivity index (χ1) is 12.1. The highest BCUT2D eigenvalue weighted by molar-refractivity contribution is 6.08. The lowest BCUT2D eigenvalue weighted by Gasteiger charge is -2.29. The zero-order valence-corrected chi connectivity index (χ0v) is 15.6. The van der Waals surface area contributed by atoms with E-state index in [1.54, 1.807) is 25.3 Å². The van der Waals surface area contributed by atoms with Gasteiger partial charge >= 0.3 is 5.97 Å². The molecule has 1 atom stereocenters. The molecule has 26 heavy (non-hydrogen) atoms. The Morgan fingerprint density at radius 3 is 2.54 bits per heavy atom. The maximum Gasteiger partial charge on any atom is 0.308 e. The number of carboxylic acid groups (broad SMARTS) is 1. The van der Waals surface area contributed by atoms with Crippen LogP contribution < -0.4 is 14.8 Å². The van der Waals surface area contributed by atoms with E-state index in [0.29, 0.717) is 22.8 Å². The van der Waals surface area contributed by atoms with Crippen LogP contribution in [0.3, 0.4) is 0 Å². The molecule has 0 fully saturated rings. The third kappa shape index (κ3) is 4.25. The Morgan fingerprint density at radius 2 is 2.00 bits per heavy atom. The summed E-state index contributed by atoms with van der Waals surface area (Å²) in [5, 5.41) is 16.0. The molecule has 8 heteroatoms. The normalized spacial score (nSPS) is 19.3. The van der Waals surface area contributed by atoms with Crippen molar-refractivity contribution >= 4 is 17.6 Å². The van der Waals surface area contributed by atoms with Crippen molar-refractivity contribution in [3.05, 3.63) is 23.8 Å². The number of oxime groups is 1. The number of aliphatic carboxylic acids is 1. The van der Waals surface area contributed by atoms with Crippen LogP contribution in [0, 0.1) is 0 Å². The van der Waals surface area contributed by atoms with E-state index in [-0.39, 0.29) is 6.42 Å². The smallest absolute Gasteiger partial charge is 0.308 e. The zero-order valence-electron chi connectivity index (χ0n) is 15.6. The van der Waals surface area contributed by atoms with Crippen LogP contribution in [0.15, 0.2) is 23.4 Å². The lowest BCUT2D eigenvalue weighted by atomic mass is 9.89. The summed E-state index contributed by atoms with van der Waals surface area (Å²) in [6.45, 7) is 5.42. The second-order valence-corrected chi connectivity index (χ2v) is 7.14. The number of amides is 1. The van der Waals surface area contributed by atoms with Crippen molar-refractivity contribution in [3.63, 3.8) is 0 Å². The molecule has 2 N–H and O–H groups in total. The Kier molecular flexibility index (Phi) is 5.44. The first-order valence-electron chi connectivity index (χ1n) is 8.12. The Hall–Kier alpha value is -2.77. The number of carbonyl (C=O) groups excluding carboxylic acids is 1. The van der Waals surface area contributed by atoms with Crippen LogP contribution in [0.5, 0.6) is 11.5 Å². The maximum atomic E-state index is 12.7. The molecule has 8 nitrogen and oxygen atoms in total. The Balaban J connectivity index is 2.33. The number of benzene rings is 1. The quantitative estimate of drug-likeness (QED) is 0.799. The van der Waals surface area contributed by atoms with Gasteiger partial charge in [-0.1, -0.05) is 5.16 Å². The van der Waals surface area contributed by atoms with Crippen LogP contribution in [0.4, 0.5) is 0 Å². The van der Waals surface area contributed by atoms with Gasteiger partial charge in [-0.15, -0.1) is 0 Å². The maximum absolute atomic E-state index is 12.7. The molecule has 0 bridgehead atoms. The number of carbonyl (C=O) groups is 2. The van der Waals surface area contributed by atoms with E-state index < -0.39 is 29.4 Å². The van der Waals surface area contributed by atoms with Gasteiger partial charge < -0.3 is 24.7 Å². The summed E-state index contributed by atoms with van der Waals surface area (Å²) in [6.07, 6.45) is -0.482. The number of rotatable bonds is 6. The predicted octanol–water partition coefficient (Wildman–Crippen LogP) is 1.96. The molecule has 0 aromatic heterocycles. The molecule has 1 aliphatic rings. The number of nitrogens with zero attached hydrogens (tertiary/aromatic N) is 1. The number of nitrogens with one attached hydrogen (secondary N) is 1. The number of carboxylic acids is 1. The van der Waals surface area contributed by atoms with Gasteiger partial charge in [0, 0.05) is 23.6 Å². The van der Waals surface area contributed by atoms with E-state index in [4.69, 9.17) is 14.3 Å². The molecule has 142 valence electrons. The highest BCUT2D eigenvalue weighted by atomic mass is 16.7. The van der Waals surface area contributed by atoms with Crippen LogP contribution in [0.25, 0.3) is 0 Å². The van der Waals surface area contributed by atoms with Gasteiger partial charge in [-0.05, 0) is 32.9 Å². The van der Waals surface area contributed by atoms with Gasteiger partial charge in [0.2, 0.25) is 5.60 Å². The molecule has 0 saturated heterocycles. The van der Waals surface area contributed by atoms with Gasteiger partial charge in [-0.3, -0.25) is 9.59 Å². The zero-order chi connectivity index (χ0) is 19.5. The molecule has 1 aromatic carbocycles. The second kappa shape index (κ2) is 7.23. The molecule has 0 saturated carbocycles. The molecular formula is C18H24N2O6. The van der Waals surface area contributed by atoms with Gasteiger partial charge in [0.25, 0.3) is 5.91 Å². The molecule has 1 unspecified atom stereocenters. The van der Waals surface area contributed by atoms with Crippen molar-refractivity contribution in [3.8, 4) is 11.5 Å². The predicted molar refractivity (Wildman–Crippen MR) is 94.7 cm³/mol. The van der Waals surface area contributed by atoms with Gasteiger partial charge in [-0.2, -0.15) is 0 Å². The molecule has 2 rings (SSSR count). The summed E-state index contributed by atoms with van der Waals surface area (Å²) in [4.78, 5) is 29.4. The second-order valence-electron chi connectivity index (χ2n) is 7.14. The summed E-state index contributed by atoms with van der Waals surface area (Å²) in [5.74, 6) is -0.563. The molecule has 1 aromatic rings. The topological polar surface area (TPSA) is 106 Å². The van der Waals surface area contributed by atoms with E-state index in [0.717, 1.165) is 0 Å². The van der Waals surface area contributed by atoms with Crippen molar-refractivity contribution < 1.29 is 29.0 Å². The average Bonchev–Trinajstić information content (AvgIpc) is 2.97. The fourth-order valence-electron chi connectivity index (χ4n) is 2.65. The Labute approximate surface area is 152 Å². The molecule has 1 aliphatic heterocycles. The fraction of sp³-hybridized carbons (Fsp3) is 0.500. The minimum atomic E-state index is -1.60. The highest BCUT2D eigenvalue weighted by Gasteiger charge is 2.49. The lowest BCUT2D eigenvalue weighted by molar-refractivity contribution is -0.157. The fourth-order valence-corrected chi connectivity index (χ4v) is 2.65. The first kappa shape index (κ1) is 19.6. The van der Waals surface area contributed by atoms with E-state index in [1.807, 2.05) is 20.8 Å². The number of hydrogen-bond acceptors (Lipinski definition) is 6. The SMILES string of the molecule is COc1ccc(C2=NOC(CC(=O)O)(C(=O)NC(C)(C)C)C2)c(OC)c1. The van der Waals surface area contributed by atoms with Crippen LogP contribution in [-0.2, 0) is 14.4 Å². The minimum absolute atomic E-state index is 0.0178. The average molecular weight is 364 g/mol. The van der Waals surface area contributed by atoms with E-state index in [2.05, 4.69) is 10.5 Å². The largest absolute Gasteiger partial charge is 0.497 e. The summed E-state index contributed by atoms with van der Waals surface area (Å²) in [5.41, 5.74) is -1.08. The highest BCUT2D eigenvalue weighted by Crippen LogP contribution is 2.35. The Morgan fingerprint density at radius 1 is 1.31 bits per heavy atom. The number of ether oxygens (including phenoxy) is 2. The molecule has 1 heterocycles. The van der Waals surface area contributed by atoms with Crippen molar-refractivity contribution in [2.75, 3.05) is 14.2 Å². The van der Waals surface area contributed by atoms with Crippen LogP contribution in [-0.4, -0.2) is 48.1 Å². The van der Waals surface area contributed by atoms with Crippen LogP contribution >= 0.6 is 0 Å². The molecule has 0 radical (unpaired) electrons. The molecule has 0 spiro atoms. The standard InChI is InChI=1S/C18H24N2O6/c1-17(2,3)19-16(23)18(10-15(21)22)9-13(20-26-18)12-7-6-11(24-4)8-14(12)25-5/h6-8H,9-10H2,1-5H3,(H,19,23)(H,21,22). The van der Waals surface area contributed by atoms with Crippen LogP contribution in [0.1, 0.15) is 39.2 Å². The van der Waals surface area contributed by atoms with Gasteiger partial charge in [0.1, 0.15) is 11.5 Å². The third-order valence-electron chi connectivity index (χ3n) is 3.84. The summed E-state index contributed by atoms with van der Waals surface area (Å²) >= 11 is 0. The van der Waals surface area contributed by atoms with Crippen molar-refractivity contribution in [1.29, 1.82) is 0 Å². The summed E-state index contributed by atoms with van der Waals surface area (Å²) in [6, 6.07) is 5.15. The van der Waals surface area contributed by atoms with Gasteiger partial charge in [0.15, 0.2) is 0 Å². The van der Waals surface area contributed by atoms with Crippen LogP contribution in [0.2, 0.25) is 0 Å². The monoisotopic (exact) mass is 364 g/mol. The Bertz CT molecular complexity index is 738. The van der Waals surface area contributed by atoms with E-state index in [9.17, 15) is 14.7 Å². The molecule has 0 aliphatic carbocycles. The summed E-state index contributed by atoms with van der Waals surface area (Å²) < 4.78 is 10.5. The first-order valence-corrected chi connectivity index (χ1v) is 8.12. The summed E-state index contributed by atoms with van der Waals surface area (Å²) in [7, 11) is 3.05. The van der Waals surface area contributed by atoms with Gasteiger partial charge in [0.05, 0.1) is 26.4 Å². The number of methoxy groups -OCH3 is 2. The molecular weight excluding hydrogens is 340 g/mol. The third-order valence-corrected chi connectivity index (χ3v) is 3.84. The van der Waals surface area contributed by atoms with E-state index in [1.165, 1.54) is 7.11 Å². The molecule has 1 amide bonds. The number of hydrogen-bond donors (Lipinski definition) is 2. The lowest BCUT2D eigenvalue weighted by Crippen LogP contribution is -2.54. The minimum Gasteiger partial charge on any atom is -0.497 e. The van der Waals surface area contributed by atoms with Gasteiger partial charge in [-0.25, -0.2) is 0 Å². The van der Waals surface area contributed by atoms with E-state index >= 15 is 0 Å².